The maximum absolute atomic E-state index is 14.3. The number of hydrogen-bond donors (Lipinski definition) is 1. The molecule has 20 heavy (non-hydrogen) atoms. The molecule has 0 bridgehead atoms. The molecule has 2 aromatic carbocycles. The highest BCUT2D eigenvalue weighted by Crippen LogP contribution is 2.32. The molecule has 0 saturated carbocycles. The fourth-order valence-electron chi connectivity index (χ4n) is 2.24. The van der Waals surface area contributed by atoms with Crippen molar-refractivity contribution in [3.05, 3.63) is 63.4 Å². The van der Waals surface area contributed by atoms with Crippen LogP contribution in [0.1, 0.15) is 22.7 Å². The van der Waals surface area contributed by atoms with Crippen LogP contribution >= 0.6 is 15.9 Å². The lowest BCUT2D eigenvalue weighted by atomic mass is 9.97. The molecular weight excluding hydrogens is 321 g/mol. The standard InChI is InChI=1S/C16H17BrFNO/c1-10-5-4-6-13(15(10)17)16(19-2)12-8-7-11(20-3)9-14(12)18/h4-9,16,19H,1-3H3. The molecule has 1 unspecified atom stereocenters. The summed E-state index contributed by atoms with van der Waals surface area (Å²) in [7, 11) is 3.35. The number of ether oxygens (including phenoxy) is 1. The van der Waals surface area contributed by atoms with Gasteiger partial charge < -0.3 is 10.1 Å². The lowest BCUT2D eigenvalue weighted by molar-refractivity contribution is 0.410. The lowest BCUT2D eigenvalue weighted by Gasteiger charge is -2.20. The average molecular weight is 338 g/mol. The van der Waals surface area contributed by atoms with Gasteiger partial charge in [0.2, 0.25) is 0 Å². The highest BCUT2D eigenvalue weighted by Gasteiger charge is 2.19. The van der Waals surface area contributed by atoms with Crippen LogP contribution in [-0.4, -0.2) is 14.2 Å². The van der Waals surface area contributed by atoms with E-state index in [2.05, 4.69) is 21.2 Å². The van der Waals surface area contributed by atoms with Gasteiger partial charge in [0.05, 0.1) is 13.2 Å². The maximum atomic E-state index is 14.3. The van der Waals surface area contributed by atoms with Crippen molar-refractivity contribution in [3.63, 3.8) is 0 Å². The Hall–Kier alpha value is -1.39. The topological polar surface area (TPSA) is 21.3 Å². The van der Waals surface area contributed by atoms with Crippen LogP contribution in [-0.2, 0) is 0 Å². The number of halogens is 2. The minimum Gasteiger partial charge on any atom is -0.497 e. The van der Waals surface area contributed by atoms with Gasteiger partial charge in [-0.25, -0.2) is 4.39 Å². The summed E-state index contributed by atoms with van der Waals surface area (Å²) >= 11 is 3.58. The van der Waals surface area contributed by atoms with Gasteiger partial charge in [-0.05, 0) is 31.2 Å². The van der Waals surface area contributed by atoms with E-state index >= 15 is 0 Å². The summed E-state index contributed by atoms with van der Waals surface area (Å²) in [5, 5.41) is 3.17. The molecule has 0 radical (unpaired) electrons. The van der Waals surface area contributed by atoms with E-state index in [0.29, 0.717) is 11.3 Å². The second-order valence-corrected chi connectivity index (χ2v) is 5.38. The number of aryl methyl sites for hydroxylation is 1. The van der Waals surface area contributed by atoms with Crippen LogP contribution in [0, 0.1) is 12.7 Å². The molecular formula is C16H17BrFNO. The first-order chi connectivity index (χ1) is 9.58. The minimum absolute atomic E-state index is 0.213. The van der Waals surface area contributed by atoms with E-state index in [1.54, 1.807) is 12.1 Å². The van der Waals surface area contributed by atoms with Gasteiger partial charge in [-0.3, -0.25) is 0 Å². The largest absolute Gasteiger partial charge is 0.497 e. The Morgan fingerprint density at radius 2 is 1.95 bits per heavy atom. The Balaban J connectivity index is 2.50. The smallest absolute Gasteiger partial charge is 0.132 e. The third-order valence-corrected chi connectivity index (χ3v) is 4.42. The average Bonchev–Trinajstić information content (AvgIpc) is 2.45. The van der Waals surface area contributed by atoms with E-state index in [0.717, 1.165) is 15.6 Å². The molecule has 0 fully saturated rings. The molecule has 2 nitrogen and oxygen atoms in total. The fraction of sp³-hybridized carbons (Fsp3) is 0.250. The molecule has 0 heterocycles. The molecule has 0 aliphatic carbocycles. The number of rotatable bonds is 4. The van der Waals surface area contributed by atoms with E-state index in [9.17, 15) is 4.39 Å². The van der Waals surface area contributed by atoms with Gasteiger partial charge in [0.15, 0.2) is 0 Å². The number of methoxy groups -OCH3 is 1. The van der Waals surface area contributed by atoms with E-state index in [1.807, 2.05) is 32.2 Å². The van der Waals surface area contributed by atoms with Gasteiger partial charge >= 0.3 is 0 Å². The van der Waals surface area contributed by atoms with E-state index in [1.165, 1.54) is 13.2 Å². The first kappa shape index (κ1) is 15.0. The summed E-state index contributed by atoms with van der Waals surface area (Å²) in [5.41, 5.74) is 2.73. The summed E-state index contributed by atoms with van der Waals surface area (Å²) < 4.78 is 20.3. The molecule has 0 saturated heterocycles. The number of benzene rings is 2. The Labute approximate surface area is 127 Å². The van der Waals surface area contributed by atoms with Crippen LogP contribution in [0.4, 0.5) is 4.39 Å². The number of hydrogen-bond acceptors (Lipinski definition) is 2. The van der Waals surface area contributed by atoms with Gasteiger partial charge in [0.25, 0.3) is 0 Å². The molecule has 0 spiro atoms. The third-order valence-electron chi connectivity index (χ3n) is 3.34. The molecule has 2 rings (SSSR count). The van der Waals surface area contributed by atoms with Crippen molar-refractivity contribution in [2.45, 2.75) is 13.0 Å². The van der Waals surface area contributed by atoms with Crippen LogP contribution < -0.4 is 10.1 Å². The van der Waals surface area contributed by atoms with Gasteiger partial charge in [0, 0.05) is 16.1 Å². The van der Waals surface area contributed by atoms with Crippen molar-refractivity contribution >= 4 is 15.9 Å². The number of nitrogens with one attached hydrogen (secondary N) is 1. The summed E-state index contributed by atoms with van der Waals surface area (Å²) in [6.07, 6.45) is 0. The van der Waals surface area contributed by atoms with Crippen molar-refractivity contribution in [1.82, 2.24) is 5.32 Å². The minimum atomic E-state index is -0.280. The van der Waals surface area contributed by atoms with Gasteiger partial charge in [0.1, 0.15) is 11.6 Å². The maximum Gasteiger partial charge on any atom is 0.132 e. The SMILES string of the molecule is CNC(c1ccc(OC)cc1F)c1cccc(C)c1Br. The zero-order valence-electron chi connectivity index (χ0n) is 11.7. The quantitative estimate of drug-likeness (QED) is 0.902. The molecule has 1 atom stereocenters. The molecule has 0 aliphatic heterocycles. The highest BCUT2D eigenvalue weighted by atomic mass is 79.9. The molecule has 106 valence electrons. The van der Waals surface area contributed by atoms with Crippen LogP contribution in [0.2, 0.25) is 0 Å². The Morgan fingerprint density at radius 1 is 1.20 bits per heavy atom. The van der Waals surface area contributed by atoms with Gasteiger partial charge in [-0.1, -0.05) is 40.2 Å². The second-order valence-electron chi connectivity index (χ2n) is 4.59. The van der Waals surface area contributed by atoms with Crippen molar-refractivity contribution < 1.29 is 9.13 Å². The van der Waals surface area contributed by atoms with Gasteiger partial charge in [-0.15, -0.1) is 0 Å². The second kappa shape index (κ2) is 6.37. The van der Waals surface area contributed by atoms with Crippen LogP contribution in [0.15, 0.2) is 40.9 Å². The Kier molecular flexibility index (Phi) is 4.78. The first-order valence-corrected chi connectivity index (χ1v) is 7.13. The zero-order chi connectivity index (χ0) is 14.7. The Bertz CT molecular complexity index is 615. The monoisotopic (exact) mass is 337 g/mol. The zero-order valence-corrected chi connectivity index (χ0v) is 13.3. The van der Waals surface area contributed by atoms with E-state index < -0.39 is 0 Å². The van der Waals surface area contributed by atoms with Gasteiger partial charge in [-0.2, -0.15) is 0 Å². The van der Waals surface area contributed by atoms with E-state index in [-0.39, 0.29) is 11.9 Å². The fourth-order valence-corrected chi connectivity index (χ4v) is 2.73. The molecule has 4 heteroatoms. The summed E-state index contributed by atoms with van der Waals surface area (Å²) in [6, 6.07) is 10.7. The lowest BCUT2D eigenvalue weighted by Crippen LogP contribution is -2.19. The normalized spacial score (nSPS) is 12.2. The molecule has 2 aromatic rings. The summed E-state index contributed by atoms with van der Waals surface area (Å²) in [5.74, 6) is 0.238. The van der Waals surface area contributed by atoms with Crippen LogP contribution in [0.3, 0.4) is 0 Å². The first-order valence-electron chi connectivity index (χ1n) is 6.34. The summed E-state index contributed by atoms with van der Waals surface area (Å²) in [4.78, 5) is 0. The van der Waals surface area contributed by atoms with Crippen molar-refractivity contribution in [2.75, 3.05) is 14.2 Å². The van der Waals surface area contributed by atoms with Crippen molar-refractivity contribution in [1.29, 1.82) is 0 Å². The molecule has 0 amide bonds. The summed E-state index contributed by atoms with van der Waals surface area (Å²) in [6.45, 7) is 2.02. The molecule has 0 aromatic heterocycles. The highest BCUT2D eigenvalue weighted by molar-refractivity contribution is 9.10. The molecule has 0 aliphatic rings. The molecule has 1 N–H and O–H groups in total. The van der Waals surface area contributed by atoms with Crippen LogP contribution in [0.25, 0.3) is 0 Å². The van der Waals surface area contributed by atoms with E-state index in [4.69, 9.17) is 4.74 Å². The predicted octanol–water partition coefficient (Wildman–Crippen LogP) is 4.21. The van der Waals surface area contributed by atoms with Crippen molar-refractivity contribution in [2.24, 2.45) is 0 Å². The van der Waals surface area contributed by atoms with Crippen molar-refractivity contribution in [3.8, 4) is 5.75 Å². The Morgan fingerprint density at radius 3 is 2.55 bits per heavy atom. The predicted molar refractivity (Wildman–Crippen MR) is 82.7 cm³/mol. The third kappa shape index (κ3) is 2.86. The van der Waals surface area contributed by atoms with Crippen LogP contribution in [0.5, 0.6) is 5.75 Å².